The molecule has 0 radical (unpaired) electrons. The summed E-state index contributed by atoms with van der Waals surface area (Å²) in [5.41, 5.74) is -1.22. The maximum atomic E-state index is 12.7. The third-order valence-corrected chi connectivity index (χ3v) is 3.85. The van der Waals surface area contributed by atoms with Gasteiger partial charge in [-0.25, -0.2) is 9.78 Å². The fraction of sp³-hybridized carbons (Fsp3) is 0.600. The smallest absolute Gasteiger partial charge is 0.434 e. The minimum atomic E-state index is -4.69. The highest BCUT2D eigenvalue weighted by molar-refractivity contribution is 5.77. The lowest BCUT2D eigenvalue weighted by Gasteiger charge is -2.38. The van der Waals surface area contributed by atoms with Crippen LogP contribution in [0, 0.1) is 0 Å². The van der Waals surface area contributed by atoms with Gasteiger partial charge in [0.05, 0.1) is 25.0 Å². The molecule has 11 nitrogen and oxygen atoms in total. The minimum Gasteiger partial charge on any atom is -0.480 e. The number of rotatable bonds is 8. The number of aliphatic hydroxyl groups excluding tert-OH is 2. The molecule has 1 aliphatic rings. The van der Waals surface area contributed by atoms with E-state index >= 15 is 0 Å². The third kappa shape index (κ3) is 6.77. The zero-order chi connectivity index (χ0) is 21.6. The molecule has 14 heteroatoms. The molecule has 1 aliphatic heterocycles. The van der Waals surface area contributed by atoms with Gasteiger partial charge in [0.2, 0.25) is 5.91 Å². The molecular formula is C15H19F3N4O7. The predicted octanol–water partition coefficient (Wildman–Crippen LogP) is -1.39. The zero-order valence-electron chi connectivity index (χ0n) is 14.8. The highest BCUT2D eigenvalue weighted by Crippen LogP contribution is 2.28. The molecule has 1 saturated heterocycles. The number of carbonyl (C=O) groups excluding carboxylic acids is 1. The Morgan fingerprint density at radius 2 is 1.97 bits per heavy atom. The number of hydrogen-bond donors (Lipinski definition) is 5. The van der Waals surface area contributed by atoms with E-state index in [1.54, 1.807) is 0 Å². The van der Waals surface area contributed by atoms with Gasteiger partial charge in [-0.05, 0) is 0 Å². The number of carboxylic acid groups (broad SMARTS) is 1. The van der Waals surface area contributed by atoms with E-state index in [1.807, 2.05) is 0 Å². The summed E-state index contributed by atoms with van der Waals surface area (Å²) in [6.45, 7) is -1.58. The van der Waals surface area contributed by atoms with Gasteiger partial charge in [-0.15, -0.1) is 0 Å². The van der Waals surface area contributed by atoms with Gasteiger partial charge in [-0.1, -0.05) is 0 Å². The van der Waals surface area contributed by atoms with E-state index < -0.39 is 61.3 Å². The molecule has 4 atom stereocenters. The van der Waals surface area contributed by atoms with Crippen LogP contribution in [-0.4, -0.2) is 87.9 Å². The zero-order valence-corrected chi connectivity index (χ0v) is 14.8. The number of halogens is 3. The maximum absolute atomic E-state index is 12.7. The van der Waals surface area contributed by atoms with Crippen molar-refractivity contribution in [2.45, 2.75) is 30.5 Å². The number of hydrogen-bond acceptors (Lipinski definition) is 9. The van der Waals surface area contributed by atoms with Gasteiger partial charge in [0, 0.05) is 6.54 Å². The molecule has 2 heterocycles. The Morgan fingerprint density at radius 1 is 1.24 bits per heavy atom. The van der Waals surface area contributed by atoms with Gasteiger partial charge in [-0.2, -0.15) is 13.2 Å². The van der Waals surface area contributed by atoms with Gasteiger partial charge in [0.1, 0.15) is 37.3 Å². The number of ether oxygens (including phenoxy) is 2. The van der Waals surface area contributed by atoms with E-state index in [4.69, 9.17) is 9.84 Å². The van der Waals surface area contributed by atoms with Crippen LogP contribution < -0.4 is 10.6 Å². The molecule has 0 unspecified atom stereocenters. The van der Waals surface area contributed by atoms with Crippen molar-refractivity contribution < 1.29 is 47.6 Å². The first-order valence-electron chi connectivity index (χ1n) is 8.27. The van der Waals surface area contributed by atoms with Crippen LogP contribution >= 0.6 is 0 Å². The van der Waals surface area contributed by atoms with Crippen LogP contribution in [0.25, 0.3) is 0 Å². The summed E-state index contributed by atoms with van der Waals surface area (Å²) in [6, 6.07) is -0.978. The summed E-state index contributed by atoms with van der Waals surface area (Å²) in [5, 5.41) is 33.6. The molecule has 0 saturated carbocycles. The molecule has 29 heavy (non-hydrogen) atoms. The van der Waals surface area contributed by atoms with Crippen molar-refractivity contribution in [2.75, 3.05) is 31.7 Å². The molecule has 1 amide bonds. The number of carbonyl (C=O) groups is 2. The SMILES string of the molecule is O=C(O)COCC(=O)NC[C@H]1OC[C@H](Nc2cncc(C(F)(F)F)n2)[C@@H](O)[C@H]1O. The number of carboxylic acids is 1. The summed E-state index contributed by atoms with van der Waals surface area (Å²) >= 11 is 0. The summed E-state index contributed by atoms with van der Waals surface area (Å²) in [5.74, 6) is -2.16. The van der Waals surface area contributed by atoms with Gasteiger partial charge < -0.3 is 35.4 Å². The first-order chi connectivity index (χ1) is 13.6. The van der Waals surface area contributed by atoms with Crippen LogP contribution in [0.2, 0.25) is 0 Å². The molecule has 0 bridgehead atoms. The van der Waals surface area contributed by atoms with E-state index in [0.717, 1.165) is 6.20 Å². The van der Waals surface area contributed by atoms with Crippen molar-refractivity contribution >= 4 is 17.7 Å². The second kappa shape index (κ2) is 9.78. The number of nitrogens with one attached hydrogen (secondary N) is 2. The molecular weight excluding hydrogens is 405 g/mol. The van der Waals surface area contributed by atoms with Crippen molar-refractivity contribution in [3.05, 3.63) is 18.1 Å². The van der Waals surface area contributed by atoms with Crippen LogP contribution in [0.3, 0.4) is 0 Å². The lowest BCUT2D eigenvalue weighted by molar-refractivity contribution is -0.146. The molecule has 162 valence electrons. The van der Waals surface area contributed by atoms with Crippen LogP contribution in [0.15, 0.2) is 12.4 Å². The summed E-state index contributed by atoms with van der Waals surface area (Å²) in [7, 11) is 0. The first kappa shape index (κ1) is 22.7. The highest BCUT2D eigenvalue weighted by Gasteiger charge is 2.39. The number of aromatic nitrogens is 2. The number of nitrogens with zero attached hydrogens (tertiary/aromatic N) is 2. The summed E-state index contributed by atoms with van der Waals surface area (Å²) < 4.78 is 48.0. The van der Waals surface area contributed by atoms with Crippen molar-refractivity contribution in [1.29, 1.82) is 0 Å². The van der Waals surface area contributed by atoms with Crippen molar-refractivity contribution in [3.8, 4) is 0 Å². The Hall–Kier alpha value is -2.55. The average molecular weight is 424 g/mol. The number of amides is 1. The van der Waals surface area contributed by atoms with Gasteiger partial charge in [0.15, 0.2) is 5.69 Å². The van der Waals surface area contributed by atoms with Crippen LogP contribution in [0.1, 0.15) is 5.69 Å². The largest absolute Gasteiger partial charge is 0.480 e. The molecule has 0 aromatic carbocycles. The first-order valence-corrected chi connectivity index (χ1v) is 8.27. The van der Waals surface area contributed by atoms with E-state index in [-0.39, 0.29) is 19.0 Å². The number of alkyl halides is 3. The normalized spacial score (nSPS) is 24.7. The third-order valence-electron chi connectivity index (χ3n) is 3.85. The lowest BCUT2D eigenvalue weighted by atomic mass is 9.98. The maximum Gasteiger partial charge on any atom is 0.434 e. The van der Waals surface area contributed by atoms with Crippen molar-refractivity contribution in [1.82, 2.24) is 15.3 Å². The Bertz CT molecular complexity index is 721. The second-order valence-corrected chi connectivity index (χ2v) is 6.08. The number of anilines is 1. The molecule has 5 N–H and O–H groups in total. The highest BCUT2D eigenvalue weighted by atomic mass is 19.4. The van der Waals surface area contributed by atoms with E-state index in [9.17, 15) is 33.0 Å². The topological polar surface area (TPSA) is 163 Å². The minimum absolute atomic E-state index is 0.202. The Labute approximate surface area is 161 Å². The summed E-state index contributed by atoms with van der Waals surface area (Å²) in [6.07, 6.45) is -7.03. The Balaban J connectivity index is 1.85. The molecule has 1 aromatic heterocycles. The fourth-order valence-electron chi connectivity index (χ4n) is 2.45. The Morgan fingerprint density at radius 3 is 2.62 bits per heavy atom. The molecule has 0 aliphatic carbocycles. The monoisotopic (exact) mass is 424 g/mol. The molecule has 1 fully saturated rings. The van der Waals surface area contributed by atoms with Crippen LogP contribution in [0.4, 0.5) is 19.0 Å². The van der Waals surface area contributed by atoms with Gasteiger partial charge in [0.25, 0.3) is 0 Å². The van der Waals surface area contributed by atoms with Crippen LogP contribution in [0.5, 0.6) is 0 Å². The predicted molar refractivity (Wildman–Crippen MR) is 87.7 cm³/mol. The van der Waals surface area contributed by atoms with E-state index in [1.165, 1.54) is 0 Å². The van der Waals surface area contributed by atoms with Crippen molar-refractivity contribution in [2.24, 2.45) is 0 Å². The molecule has 2 rings (SSSR count). The van der Waals surface area contributed by atoms with Crippen LogP contribution in [-0.2, 0) is 25.2 Å². The number of aliphatic hydroxyl groups is 2. The fourth-order valence-corrected chi connectivity index (χ4v) is 2.45. The number of aliphatic carboxylic acids is 1. The second-order valence-electron chi connectivity index (χ2n) is 6.08. The van der Waals surface area contributed by atoms with E-state index in [0.29, 0.717) is 6.20 Å². The van der Waals surface area contributed by atoms with Gasteiger partial charge >= 0.3 is 12.1 Å². The van der Waals surface area contributed by atoms with Gasteiger partial charge in [-0.3, -0.25) is 9.78 Å². The lowest BCUT2D eigenvalue weighted by Crippen LogP contribution is -2.58. The quantitative estimate of drug-likeness (QED) is 0.336. The summed E-state index contributed by atoms with van der Waals surface area (Å²) in [4.78, 5) is 28.6. The average Bonchev–Trinajstić information content (AvgIpc) is 2.64. The molecule has 0 spiro atoms. The molecule has 1 aromatic rings. The Kier molecular flexibility index (Phi) is 7.66. The van der Waals surface area contributed by atoms with Crippen molar-refractivity contribution in [3.63, 3.8) is 0 Å². The standard InChI is InChI=1S/C15H19F3N4O7/c16-15(17,18)9-2-19-3-10(22-9)21-7-4-29-8(14(27)13(7)26)1-20-11(23)5-28-6-12(24)25/h2-3,7-8,13-14,26-27H,1,4-6H2,(H,20,23)(H,21,22)(H,24,25)/t7-,8+,13+,14-/m0/s1. The van der Waals surface area contributed by atoms with E-state index in [2.05, 4.69) is 25.3 Å².